The van der Waals surface area contributed by atoms with Gasteiger partial charge in [0.1, 0.15) is 11.3 Å². The normalized spacial score (nSPS) is 10.0. The number of benzene rings is 1. The highest BCUT2D eigenvalue weighted by Gasteiger charge is 2.17. The van der Waals surface area contributed by atoms with E-state index in [1.165, 1.54) is 5.56 Å². The number of nitrogens with zero attached hydrogens (tertiary/aromatic N) is 4. The molecule has 0 unspecified atom stereocenters. The molecule has 29 heavy (non-hydrogen) atoms. The first-order valence-electron chi connectivity index (χ1n) is 10.3. The summed E-state index contributed by atoms with van der Waals surface area (Å²) in [5.41, 5.74) is 11.8. The number of aromatic nitrogens is 4. The van der Waals surface area contributed by atoms with Gasteiger partial charge in [0.2, 0.25) is 0 Å². The van der Waals surface area contributed by atoms with Crippen LogP contribution in [-0.4, -0.2) is 19.5 Å². The van der Waals surface area contributed by atoms with Crippen LogP contribution in [0.5, 0.6) is 0 Å². The van der Waals surface area contributed by atoms with E-state index in [1.807, 2.05) is 52.0 Å². The highest BCUT2D eigenvalue weighted by Crippen LogP contribution is 2.30. The molecule has 3 aromatic heterocycles. The topological polar surface area (TPSA) is 69.6 Å². The van der Waals surface area contributed by atoms with Crippen LogP contribution in [0.15, 0.2) is 54.7 Å². The van der Waals surface area contributed by atoms with E-state index in [1.54, 1.807) is 6.20 Å². The Balaban J connectivity index is 0.000000707. The lowest BCUT2D eigenvalue weighted by atomic mass is 10.2. The third kappa shape index (κ3) is 4.62. The maximum atomic E-state index is 6.12. The van der Waals surface area contributed by atoms with Gasteiger partial charge >= 0.3 is 0 Å². The van der Waals surface area contributed by atoms with Gasteiger partial charge in [-0.05, 0) is 49.7 Å². The molecule has 0 aliphatic heterocycles. The lowest BCUT2D eigenvalue weighted by molar-refractivity contribution is 1.02. The summed E-state index contributed by atoms with van der Waals surface area (Å²) >= 11 is 0. The van der Waals surface area contributed by atoms with Gasteiger partial charge in [-0.1, -0.05) is 52.3 Å². The number of fused-ring (bicyclic) bond motifs is 1. The number of anilines is 1. The Morgan fingerprint density at radius 3 is 2.21 bits per heavy atom. The average molecular weight is 390 g/mol. The zero-order valence-electron chi connectivity index (χ0n) is 18.3. The molecule has 5 nitrogen and oxygen atoms in total. The fourth-order valence-corrected chi connectivity index (χ4v) is 2.92. The molecule has 0 radical (unpaired) electrons. The number of pyridine rings is 2. The van der Waals surface area contributed by atoms with Crippen molar-refractivity contribution in [2.24, 2.45) is 0 Å². The molecule has 4 aromatic rings. The van der Waals surface area contributed by atoms with Crippen molar-refractivity contribution in [2.45, 2.75) is 48.0 Å². The summed E-state index contributed by atoms with van der Waals surface area (Å²) in [6.07, 6.45) is 2.56. The second-order valence-corrected chi connectivity index (χ2v) is 6.04. The van der Waals surface area contributed by atoms with Crippen molar-refractivity contribution in [2.75, 3.05) is 5.73 Å². The Kier molecular flexibility index (Phi) is 7.89. The van der Waals surface area contributed by atoms with Crippen LogP contribution < -0.4 is 5.73 Å². The maximum absolute atomic E-state index is 6.12. The molecule has 0 aliphatic carbocycles. The van der Waals surface area contributed by atoms with Crippen LogP contribution >= 0.6 is 0 Å². The number of nitrogens with two attached hydrogens (primary N) is 1. The minimum atomic E-state index is 0.460. The van der Waals surface area contributed by atoms with Crippen LogP contribution in [0.25, 0.3) is 28.2 Å². The first-order valence-corrected chi connectivity index (χ1v) is 10.3. The highest BCUT2D eigenvalue weighted by molar-refractivity contribution is 5.82. The van der Waals surface area contributed by atoms with Crippen molar-refractivity contribution in [1.29, 1.82) is 0 Å². The molecule has 0 spiro atoms. The third-order valence-electron chi connectivity index (χ3n) is 4.30. The number of nitrogen functional groups attached to an aromatic ring is 1. The molecule has 1 aromatic carbocycles. The van der Waals surface area contributed by atoms with Crippen LogP contribution in [-0.2, 0) is 6.42 Å². The Hall–Kier alpha value is -3.21. The number of aryl methyl sites for hydroxylation is 2. The van der Waals surface area contributed by atoms with E-state index < -0.39 is 0 Å². The third-order valence-corrected chi connectivity index (χ3v) is 4.30. The second kappa shape index (κ2) is 10.4. The van der Waals surface area contributed by atoms with Crippen LogP contribution in [0.3, 0.4) is 0 Å². The average Bonchev–Trinajstić information content (AvgIpc) is 3.15. The number of rotatable bonds is 3. The molecule has 152 valence electrons. The quantitative estimate of drug-likeness (QED) is 0.467. The molecular formula is C24H31N5. The number of hydrogen-bond donors (Lipinski definition) is 1. The fourth-order valence-electron chi connectivity index (χ4n) is 2.92. The van der Waals surface area contributed by atoms with E-state index in [2.05, 4.69) is 47.7 Å². The Morgan fingerprint density at radius 2 is 1.59 bits per heavy atom. The SMILES string of the molecule is CC.CC.CCc1ccc2nc(-c3cccnc3N)n(-c3ccc(C)cc3)c2n1. The van der Waals surface area contributed by atoms with Gasteiger partial charge in [-0.3, -0.25) is 4.57 Å². The molecule has 5 heteroatoms. The zero-order valence-corrected chi connectivity index (χ0v) is 18.3. The molecular weight excluding hydrogens is 358 g/mol. The Morgan fingerprint density at radius 1 is 0.897 bits per heavy atom. The van der Waals surface area contributed by atoms with E-state index in [4.69, 9.17) is 15.7 Å². The van der Waals surface area contributed by atoms with Crippen molar-refractivity contribution >= 4 is 17.0 Å². The minimum absolute atomic E-state index is 0.460. The van der Waals surface area contributed by atoms with E-state index in [0.717, 1.165) is 40.4 Å². The monoisotopic (exact) mass is 389 g/mol. The molecule has 0 amide bonds. The lowest BCUT2D eigenvalue weighted by Crippen LogP contribution is -2.02. The van der Waals surface area contributed by atoms with Crippen molar-refractivity contribution in [3.05, 3.63) is 66.0 Å². The van der Waals surface area contributed by atoms with Crippen molar-refractivity contribution in [1.82, 2.24) is 19.5 Å². The summed E-state index contributed by atoms with van der Waals surface area (Å²) in [4.78, 5) is 13.8. The second-order valence-electron chi connectivity index (χ2n) is 6.04. The standard InChI is InChI=1S/C20H19N5.2C2H6/c1-3-14-8-11-17-20(23-14)25(15-9-6-13(2)7-10-15)19(24-17)16-5-4-12-22-18(16)21;2*1-2/h4-12H,3H2,1-2H3,(H2,21,22);2*1-2H3. The molecule has 2 N–H and O–H groups in total. The summed E-state index contributed by atoms with van der Waals surface area (Å²) in [6, 6.07) is 16.2. The van der Waals surface area contributed by atoms with Crippen molar-refractivity contribution in [3.8, 4) is 17.1 Å². The smallest absolute Gasteiger partial charge is 0.165 e. The largest absolute Gasteiger partial charge is 0.383 e. The summed E-state index contributed by atoms with van der Waals surface area (Å²) < 4.78 is 2.06. The van der Waals surface area contributed by atoms with E-state index in [-0.39, 0.29) is 0 Å². The van der Waals surface area contributed by atoms with E-state index in [0.29, 0.717) is 5.82 Å². The molecule has 0 atom stereocenters. The predicted molar refractivity (Wildman–Crippen MR) is 123 cm³/mol. The van der Waals surface area contributed by atoms with Gasteiger partial charge in [-0.25, -0.2) is 15.0 Å². The Bertz CT molecular complexity index is 1050. The van der Waals surface area contributed by atoms with Crippen LogP contribution in [0, 0.1) is 6.92 Å². The van der Waals surface area contributed by atoms with Gasteiger partial charge in [0, 0.05) is 17.6 Å². The molecule has 4 rings (SSSR count). The first kappa shape index (κ1) is 22.1. The molecule has 0 saturated carbocycles. The van der Waals surface area contributed by atoms with E-state index >= 15 is 0 Å². The van der Waals surface area contributed by atoms with Crippen molar-refractivity contribution in [3.63, 3.8) is 0 Å². The van der Waals surface area contributed by atoms with Gasteiger partial charge in [0.05, 0.1) is 5.56 Å². The Labute approximate surface area is 173 Å². The minimum Gasteiger partial charge on any atom is -0.383 e. The summed E-state index contributed by atoms with van der Waals surface area (Å²) in [5, 5.41) is 0. The summed E-state index contributed by atoms with van der Waals surface area (Å²) in [7, 11) is 0. The fraction of sp³-hybridized carbons (Fsp3) is 0.292. The van der Waals surface area contributed by atoms with E-state index in [9.17, 15) is 0 Å². The van der Waals surface area contributed by atoms with Gasteiger partial charge in [-0.2, -0.15) is 0 Å². The summed E-state index contributed by atoms with van der Waals surface area (Å²) in [6.45, 7) is 12.2. The predicted octanol–water partition coefficient (Wildman–Crippen LogP) is 5.99. The molecule has 0 bridgehead atoms. The van der Waals surface area contributed by atoms with Crippen LogP contribution in [0.2, 0.25) is 0 Å². The zero-order chi connectivity index (χ0) is 21.4. The summed E-state index contributed by atoms with van der Waals surface area (Å²) in [5.74, 6) is 1.21. The first-order chi connectivity index (χ1) is 14.2. The molecule has 0 aliphatic rings. The number of hydrogen-bond acceptors (Lipinski definition) is 4. The highest BCUT2D eigenvalue weighted by atomic mass is 15.1. The molecule has 3 heterocycles. The van der Waals surface area contributed by atoms with Gasteiger partial charge in [0.25, 0.3) is 0 Å². The van der Waals surface area contributed by atoms with Gasteiger partial charge < -0.3 is 5.73 Å². The van der Waals surface area contributed by atoms with Crippen molar-refractivity contribution < 1.29 is 0 Å². The molecule has 0 saturated heterocycles. The molecule has 0 fully saturated rings. The lowest BCUT2D eigenvalue weighted by Gasteiger charge is -2.10. The van der Waals surface area contributed by atoms with Crippen LogP contribution in [0.4, 0.5) is 5.82 Å². The van der Waals surface area contributed by atoms with Crippen LogP contribution in [0.1, 0.15) is 45.9 Å². The maximum Gasteiger partial charge on any atom is 0.165 e. The number of imidazole rings is 1. The van der Waals surface area contributed by atoms with Gasteiger partial charge in [0.15, 0.2) is 11.5 Å². The van der Waals surface area contributed by atoms with Gasteiger partial charge in [-0.15, -0.1) is 0 Å².